The van der Waals surface area contributed by atoms with Gasteiger partial charge in [0.2, 0.25) is 0 Å². The van der Waals surface area contributed by atoms with Gasteiger partial charge >= 0.3 is 0 Å². The molecule has 33 heavy (non-hydrogen) atoms. The maximum Gasteiger partial charge on any atom is 0.163 e. The number of nitrogens with two attached hydrogens (primary N) is 1. The SMILES string of the molecule is COCCOCCOCCOCCOCCOC[C@@H]1OC(C)(C)O[C@H]1C(N)CC1OCCO1. The van der Waals surface area contributed by atoms with Crippen LogP contribution in [0.3, 0.4) is 0 Å². The molecule has 2 fully saturated rings. The number of rotatable bonds is 20. The average Bonchev–Trinajstić information content (AvgIpc) is 3.40. The van der Waals surface area contributed by atoms with E-state index in [0.717, 1.165) is 0 Å². The predicted octanol–water partition coefficient (Wildman–Crippen LogP) is 0.326. The van der Waals surface area contributed by atoms with Crippen molar-refractivity contribution in [1.29, 1.82) is 0 Å². The molecule has 3 atom stereocenters. The van der Waals surface area contributed by atoms with Crippen molar-refractivity contribution in [3.8, 4) is 0 Å². The van der Waals surface area contributed by atoms with Crippen molar-refractivity contribution in [1.82, 2.24) is 0 Å². The number of hydrogen-bond donors (Lipinski definition) is 1. The van der Waals surface area contributed by atoms with E-state index < -0.39 is 5.79 Å². The normalized spacial score (nSPS) is 24.0. The fraction of sp³-hybridized carbons (Fsp3) is 1.00. The minimum Gasteiger partial charge on any atom is -0.382 e. The minimum absolute atomic E-state index is 0.259. The summed E-state index contributed by atoms with van der Waals surface area (Å²) in [5.74, 6) is -0.706. The van der Waals surface area contributed by atoms with Crippen molar-refractivity contribution in [2.24, 2.45) is 5.73 Å². The van der Waals surface area contributed by atoms with Gasteiger partial charge in [-0.3, -0.25) is 0 Å². The van der Waals surface area contributed by atoms with Crippen LogP contribution in [-0.4, -0.2) is 123 Å². The standard InChI is InChI=1S/C22H43NO10/c1-22(2)32-19(21(33-22)18(23)16-20-30-14-15-31-20)17-29-13-12-28-11-10-27-9-8-26-7-6-25-5-4-24-3/h18-21H,4-17,23H2,1-3H3/t18?,19-,21-/m0/s1. The summed E-state index contributed by atoms with van der Waals surface area (Å²) in [6, 6.07) is -0.274. The van der Waals surface area contributed by atoms with Crippen molar-refractivity contribution < 1.29 is 47.4 Å². The van der Waals surface area contributed by atoms with Gasteiger partial charge in [-0.25, -0.2) is 0 Å². The molecule has 0 aromatic rings. The smallest absolute Gasteiger partial charge is 0.163 e. The first-order valence-corrected chi connectivity index (χ1v) is 11.7. The van der Waals surface area contributed by atoms with Crippen LogP contribution in [0.15, 0.2) is 0 Å². The molecule has 196 valence electrons. The molecule has 2 aliphatic heterocycles. The molecule has 0 amide bonds. The van der Waals surface area contributed by atoms with Crippen molar-refractivity contribution in [3.05, 3.63) is 0 Å². The van der Waals surface area contributed by atoms with Gasteiger partial charge in [0.15, 0.2) is 12.1 Å². The van der Waals surface area contributed by atoms with E-state index in [0.29, 0.717) is 92.3 Å². The molecule has 0 aromatic carbocycles. The molecule has 0 bridgehead atoms. The van der Waals surface area contributed by atoms with Gasteiger partial charge in [-0.1, -0.05) is 0 Å². The Labute approximate surface area is 197 Å². The van der Waals surface area contributed by atoms with Gasteiger partial charge in [0.05, 0.1) is 85.9 Å². The third-order valence-corrected chi connectivity index (χ3v) is 5.00. The molecule has 0 aromatic heterocycles. The summed E-state index contributed by atoms with van der Waals surface area (Å²) in [5.41, 5.74) is 6.35. The fourth-order valence-corrected chi connectivity index (χ4v) is 3.48. The Kier molecular flexibility index (Phi) is 14.9. The van der Waals surface area contributed by atoms with Gasteiger partial charge in [-0.2, -0.15) is 0 Å². The Balaban J connectivity index is 1.43. The summed E-state index contributed by atoms with van der Waals surface area (Å²) < 4.78 is 55.3. The van der Waals surface area contributed by atoms with Crippen LogP contribution < -0.4 is 5.73 Å². The molecular formula is C22H43NO10. The van der Waals surface area contributed by atoms with E-state index >= 15 is 0 Å². The van der Waals surface area contributed by atoms with Crippen LogP contribution in [0.25, 0.3) is 0 Å². The van der Waals surface area contributed by atoms with Crippen LogP contribution in [-0.2, 0) is 47.4 Å². The second-order valence-corrected chi connectivity index (χ2v) is 8.23. The Morgan fingerprint density at radius 3 is 1.76 bits per heavy atom. The summed E-state index contributed by atoms with van der Waals surface area (Å²) in [4.78, 5) is 0. The summed E-state index contributed by atoms with van der Waals surface area (Å²) in [7, 11) is 1.64. The first-order chi connectivity index (χ1) is 16.0. The molecule has 0 radical (unpaired) electrons. The average molecular weight is 482 g/mol. The maximum absolute atomic E-state index is 6.35. The molecule has 11 heteroatoms. The highest BCUT2D eigenvalue weighted by Gasteiger charge is 2.45. The van der Waals surface area contributed by atoms with Gasteiger partial charge in [0.1, 0.15) is 12.2 Å². The number of methoxy groups -OCH3 is 1. The van der Waals surface area contributed by atoms with Gasteiger partial charge in [-0.05, 0) is 13.8 Å². The quantitative estimate of drug-likeness (QED) is 0.242. The Bertz CT molecular complexity index is 478. The lowest BCUT2D eigenvalue weighted by Gasteiger charge is -2.25. The summed E-state index contributed by atoms with van der Waals surface area (Å²) in [6.07, 6.45) is -0.278. The molecule has 2 rings (SSSR count). The van der Waals surface area contributed by atoms with E-state index in [-0.39, 0.29) is 24.5 Å². The van der Waals surface area contributed by atoms with E-state index in [1.54, 1.807) is 7.11 Å². The molecule has 11 nitrogen and oxygen atoms in total. The van der Waals surface area contributed by atoms with Crippen molar-refractivity contribution >= 4 is 0 Å². The molecule has 0 saturated carbocycles. The minimum atomic E-state index is -0.706. The molecule has 0 spiro atoms. The monoisotopic (exact) mass is 481 g/mol. The third-order valence-electron chi connectivity index (χ3n) is 5.00. The molecular weight excluding hydrogens is 438 g/mol. The zero-order chi connectivity index (χ0) is 23.8. The first kappa shape index (κ1) is 28.8. The van der Waals surface area contributed by atoms with Gasteiger partial charge in [0.25, 0.3) is 0 Å². The van der Waals surface area contributed by atoms with E-state index in [1.807, 2.05) is 13.8 Å². The highest BCUT2D eigenvalue weighted by molar-refractivity contribution is 4.89. The molecule has 0 aliphatic carbocycles. The maximum atomic E-state index is 6.35. The highest BCUT2D eigenvalue weighted by Crippen LogP contribution is 2.31. The molecule has 2 saturated heterocycles. The van der Waals surface area contributed by atoms with Gasteiger partial charge < -0.3 is 53.1 Å². The van der Waals surface area contributed by atoms with E-state index in [1.165, 1.54) is 0 Å². The second kappa shape index (κ2) is 17.1. The lowest BCUT2D eigenvalue weighted by atomic mass is 10.0. The second-order valence-electron chi connectivity index (χ2n) is 8.23. The Morgan fingerprint density at radius 2 is 1.24 bits per heavy atom. The molecule has 2 N–H and O–H groups in total. The van der Waals surface area contributed by atoms with Crippen molar-refractivity contribution in [2.75, 3.05) is 93.0 Å². The van der Waals surface area contributed by atoms with Crippen molar-refractivity contribution in [2.45, 2.75) is 50.6 Å². The molecule has 1 unspecified atom stereocenters. The van der Waals surface area contributed by atoms with E-state index in [4.69, 9.17) is 53.1 Å². The lowest BCUT2D eigenvalue weighted by Crippen LogP contribution is -2.45. The number of hydrogen-bond acceptors (Lipinski definition) is 11. The molecule has 2 heterocycles. The van der Waals surface area contributed by atoms with Crippen LogP contribution in [0.1, 0.15) is 20.3 Å². The van der Waals surface area contributed by atoms with Crippen LogP contribution in [0.4, 0.5) is 0 Å². The first-order valence-electron chi connectivity index (χ1n) is 11.7. The lowest BCUT2D eigenvalue weighted by molar-refractivity contribution is -0.154. The van der Waals surface area contributed by atoms with Gasteiger partial charge in [-0.15, -0.1) is 0 Å². The van der Waals surface area contributed by atoms with Crippen LogP contribution in [0, 0.1) is 0 Å². The van der Waals surface area contributed by atoms with Crippen molar-refractivity contribution in [3.63, 3.8) is 0 Å². The summed E-state index contributed by atoms with van der Waals surface area (Å²) in [5, 5.41) is 0. The highest BCUT2D eigenvalue weighted by atomic mass is 16.8. The van der Waals surface area contributed by atoms with Crippen LogP contribution >= 0.6 is 0 Å². The van der Waals surface area contributed by atoms with Crippen LogP contribution in [0.5, 0.6) is 0 Å². The largest absolute Gasteiger partial charge is 0.382 e. The van der Waals surface area contributed by atoms with E-state index in [9.17, 15) is 0 Å². The zero-order valence-corrected chi connectivity index (χ0v) is 20.4. The topological polar surface area (TPSA) is 118 Å². The number of ether oxygens (including phenoxy) is 10. The molecule has 2 aliphatic rings. The Hall–Kier alpha value is -0.440. The third kappa shape index (κ3) is 12.7. The summed E-state index contributed by atoms with van der Waals surface area (Å²) >= 11 is 0. The van der Waals surface area contributed by atoms with Crippen LogP contribution in [0.2, 0.25) is 0 Å². The summed E-state index contributed by atoms with van der Waals surface area (Å²) in [6.45, 7) is 10.6. The fourth-order valence-electron chi connectivity index (χ4n) is 3.48. The predicted molar refractivity (Wildman–Crippen MR) is 118 cm³/mol. The zero-order valence-electron chi connectivity index (χ0n) is 20.4. The Morgan fingerprint density at radius 1 is 0.758 bits per heavy atom. The van der Waals surface area contributed by atoms with Gasteiger partial charge in [0, 0.05) is 19.6 Å². The van der Waals surface area contributed by atoms with E-state index in [2.05, 4.69) is 0 Å².